The average Bonchev–Trinajstić information content (AvgIpc) is 3.10. The third kappa shape index (κ3) is 37.9. The maximum Gasteiger partial charge on any atom is 0.322 e. The van der Waals surface area contributed by atoms with E-state index in [-0.39, 0.29) is 24.5 Å². The number of carboxylic acid groups (broad SMARTS) is 1. The summed E-state index contributed by atoms with van der Waals surface area (Å²) in [5, 5.41) is 11.1. The zero-order valence-electron chi connectivity index (χ0n) is 32.2. The molecule has 0 saturated heterocycles. The molecule has 50 heavy (non-hydrogen) atoms. The van der Waals surface area contributed by atoms with E-state index in [0.717, 1.165) is 96.3 Å². The maximum atomic E-state index is 12.6. The molecule has 0 aliphatic rings. The first-order valence-electron chi connectivity index (χ1n) is 20.4. The predicted molar refractivity (Wildman–Crippen MR) is 212 cm³/mol. The number of ether oxygens (including phenoxy) is 1. The number of hydrogen-bond acceptors (Lipinski definition) is 4. The van der Waals surface area contributed by atoms with E-state index in [1.807, 2.05) is 0 Å². The number of nitrogens with one attached hydrogen (secondary N) is 1. The molecule has 0 saturated carbocycles. The normalized spacial score (nSPS) is 12.7. The predicted octanol–water partition coefficient (Wildman–Crippen LogP) is 12.5. The molecular weight excluding hydrogens is 622 g/mol. The van der Waals surface area contributed by atoms with Crippen LogP contribution in [0.1, 0.15) is 187 Å². The molecule has 0 heterocycles. The van der Waals surface area contributed by atoms with Crippen LogP contribution in [0.25, 0.3) is 0 Å². The lowest BCUT2D eigenvalue weighted by Crippen LogP contribution is -2.28. The van der Waals surface area contributed by atoms with Crippen LogP contribution in [0.4, 0.5) is 0 Å². The minimum absolute atomic E-state index is 0.00416. The Balaban J connectivity index is 3.95. The topological polar surface area (TPSA) is 92.7 Å². The van der Waals surface area contributed by atoms with Crippen molar-refractivity contribution in [3.8, 4) is 0 Å². The lowest BCUT2D eigenvalue weighted by molar-refractivity contribution is -0.150. The third-order valence-corrected chi connectivity index (χ3v) is 8.70. The van der Waals surface area contributed by atoms with Gasteiger partial charge < -0.3 is 15.2 Å². The molecule has 0 radical (unpaired) electrons. The van der Waals surface area contributed by atoms with Crippen LogP contribution in [0, 0.1) is 0 Å². The summed E-state index contributed by atoms with van der Waals surface area (Å²) < 4.78 is 5.95. The second kappa shape index (κ2) is 38.9. The lowest BCUT2D eigenvalue weighted by atomic mass is 10.0. The summed E-state index contributed by atoms with van der Waals surface area (Å²) in [6, 6.07) is 0. The van der Waals surface area contributed by atoms with Crippen molar-refractivity contribution in [1.29, 1.82) is 0 Å². The molecule has 0 aromatic rings. The van der Waals surface area contributed by atoms with Gasteiger partial charge in [0.15, 0.2) is 0 Å². The molecule has 0 aliphatic heterocycles. The average molecular weight is 698 g/mol. The molecule has 286 valence electrons. The lowest BCUT2D eigenvalue weighted by Gasteiger charge is -2.18. The molecule has 0 aromatic carbocycles. The van der Waals surface area contributed by atoms with Crippen molar-refractivity contribution in [2.24, 2.45) is 0 Å². The molecule has 1 unspecified atom stereocenters. The highest BCUT2D eigenvalue weighted by atomic mass is 16.5. The van der Waals surface area contributed by atoms with Gasteiger partial charge in [-0.15, -0.1) is 0 Å². The van der Waals surface area contributed by atoms with Crippen molar-refractivity contribution in [2.75, 3.05) is 6.54 Å². The molecule has 6 heteroatoms. The van der Waals surface area contributed by atoms with Crippen LogP contribution in [-0.4, -0.2) is 35.6 Å². The van der Waals surface area contributed by atoms with Gasteiger partial charge >= 0.3 is 11.9 Å². The van der Waals surface area contributed by atoms with E-state index in [9.17, 15) is 14.4 Å². The Kier molecular flexibility index (Phi) is 36.7. The van der Waals surface area contributed by atoms with Crippen LogP contribution >= 0.6 is 0 Å². The third-order valence-electron chi connectivity index (χ3n) is 8.70. The van der Waals surface area contributed by atoms with E-state index in [1.54, 1.807) is 0 Å². The second-order valence-electron chi connectivity index (χ2n) is 13.5. The fourth-order valence-electron chi connectivity index (χ4n) is 5.72. The summed E-state index contributed by atoms with van der Waals surface area (Å²) in [6.45, 7) is 4.07. The fraction of sp³-hybridized carbons (Fsp3) is 0.705. The minimum atomic E-state index is -1.02. The zero-order chi connectivity index (χ0) is 36.6. The van der Waals surface area contributed by atoms with E-state index in [2.05, 4.69) is 79.9 Å². The fourth-order valence-corrected chi connectivity index (χ4v) is 5.72. The number of esters is 1. The van der Waals surface area contributed by atoms with Gasteiger partial charge in [0, 0.05) is 12.8 Å². The summed E-state index contributed by atoms with van der Waals surface area (Å²) in [5.41, 5.74) is 0. The first kappa shape index (κ1) is 47.1. The van der Waals surface area contributed by atoms with Gasteiger partial charge in [-0.05, 0) is 83.5 Å². The first-order chi connectivity index (χ1) is 24.5. The minimum Gasteiger partial charge on any atom is -0.480 e. The largest absolute Gasteiger partial charge is 0.480 e. The van der Waals surface area contributed by atoms with Crippen molar-refractivity contribution in [2.45, 2.75) is 193 Å². The summed E-state index contributed by atoms with van der Waals surface area (Å²) in [6.07, 6.45) is 50.7. The van der Waals surface area contributed by atoms with E-state index in [0.29, 0.717) is 12.8 Å². The van der Waals surface area contributed by atoms with E-state index in [4.69, 9.17) is 9.84 Å². The number of amides is 1. The number of hydrogen-bond donors (Lipinski definition) is 2. The Hall–Kier alpha value is -2.89. The Bertz CT molecular complexity index is 948. The summed E-state index contributed by atoms with van der Waals surface area (Å²) in [7, 11) is 0. The van der Waals surface area contributed by atoms with Crippen LogP contribution < -0.4 is 5.32 Å². The smallest absolute Gasteiger partial charge is 0.322 e. The van der Waals surface area contributed by atoms with Gasteiger partial charge in [-0.25, -0.2) is 0 Å². The number of rotatable bonds is 36. The molecule has 0 bridgehead atoms. The van der Waals surface area contributed by atoms with Crippen molar-refractivity contribution in [3.05, 3.63) is 60.8 Å². The number of unbranched alkanes of at least 4 members (excludes halogenated alkanes) is 15. The van der Waals surface area contributed by atoms with E-state index >= 15 is 0 Å². The molecule has 0 rings (SSSR count). The number of aliphatic carboxylic acids is 1. The summed E-state index contributed by atoms with van der Waals surface area (Å²) in [5.74, 6) is -1.28. The van der Waals surface area contributed by atoms with Crippen LogP contribution in [0.5, 0.6) is 0 Å². The van der Waals surface area contributed by atoms with Crippen molar-refractivity contribution in [3.63, 3.8) is 0 Å². The van der Waals surface area contributed by atoms with E-state index < -0.39 is 5.97 Å². The van der Waals surface area contributed by atoms with Gasteiger partial charge in [-0.2, -0.15) is 0 Å². The molecule has 1 atom stereocenters. The van der Waals surface area contributed by atoms with Gasteiger partial charge in [0.2, 0.25) is 5.91 Å². The zero-order valence-corrected chi connectivity index (χ0v) is 32.2. The molecule has 0 fully saturated rings. The Morgan fingerprint density at radius 3 is 1.50 bits per heavy atom. The van der Waals surface area contributed by atoms with Crippen LogP contribution in [0.3, 0.4) is 0 Å². The molecule has 6 nitrogen and oxygen atoms in total. The van der Waals surface area contributed by atoms with Crippen molar-refractivity contribution >= 4 is 17.8 Å². The van der Waals surface area contributed by atoms with Gasteiger partial charge in [-0.3, -0.25) is 14.4 Å². The van der Waals surface area contributed by atoms with Crippen LogP contribution in [0.2, 0.25) is 0 Å². The highest BCUT2D eigenvalue weighted by Crippen LogP contribution is 2.18. The first-order valence-corrected chi connectivity index (χ1v) is 20.4. The number of carbonyl (C=O) groups is 3. The quantitative estimate of drug-likeness (QED) is 0.0386. The monoisotopic (exact) mass is 698 g/mol. The molecule has 0 aliphatic carbocycles. The van der Waals surface area contributed by atoms with Crippen molar-refractivity contribution < 1.29 is 24.2 Å². The summed E-state index contributed by atoms with van der Waals surface area (Å²) in [4.78, 5) is 34.9. The van der Waals surface area contributed by atoms with Crippen LogP contribution in [0.15, 0.2) is 60.8 Å². The SMILES string of the molecule is CC/C=C\C/C=C\C/C=C\C/C=C\C/C=C\CCCCCCCCCC(=O)OC(CCCCCCCC)CCCCCCC(=O)NCC(=O)O. The van der Waals surface area contributed by atoms with Gasteiger partial charge in [0.05, 0.1) is 0 Å². The molecule has 1 amide bonds. The van der Waals surface area contributed by atoms with E-state index in [1.165, 1.54) is 64.2 Å². The highest BCUT2D eigenvalue weighted by molar-refractivity contribution is 5.80. The molecule has 0 aromatic heterocycles. The van der Waals surface area contributed by atoms with Gasteiger partial charge in [0.1, 0.15) is 12.6 Å². The second-order valence-corrected chi connectivity index (χ2v) is 13.5. The molecule has 0 spiro atoms. The van der Waals surface area contributed by atoms with Crippen molar-refractivity contribution in [1.82, 2.24) is 5.32 Å². The Morgan fingerprint density at radius 2 is 0.980 bits per heavy atom. The Labute approximate surface area is 307 Å². The number of carboxylic acids is 1. The molecular formula is C44H75NO5. The number of allylic oxidation sites excluding steroid dienone is 10. The maximum absolute atomic E-state index is 12.6. The van der Waals surface area contributed by atoms with Crippen LogP contribution in [-0.2, 0) is 19.1 Å². The summed E-state index contributed by atoms with van der Waals surface area (Å²) >= 11 is 0. The van der Waals surface area contributed by atoms with Gasteiger partial charge in [-0.1, -0.05) is 152 Å². The molecule has 2 N–H and O–H groups in total. The Morgan fingerprint density at radius 1 is 0.540 bits per heavy atom. The number of carbonyl (C=O) groups excluding carboxylic acids is 2. The standard InChI is InChI=1S/C44H75NO5/c1-3-5-7-9-11-12-13-14-15-16-17-18-19-20-21-22-23-24-25-26-27-29-35-39-44(49)50-41(36-32-28-10-8-6-4-2)37-33-30-31-34-38-42(46)45-40-43(47)48/h5,7,11-12,14-15,17-18,20-21,41H,3-4,6,8-10,13,16,19,22-40H2,1-2H3,(H,45,46)(H,47,48)/b7-5-,12-11-,15-14-,18-17-,21-20-. The highest BCUT2D eigenvalue weighted by Gasteiger charge is 2.14. The van der Waals surface area contributed by atoms with Gasteiger partial charge in [0.25, 0.3) is 0 Å².